The molecule has 0 aromatic heterocycles. The van der Waals surface area contributed by atoms with Gasteiger partial charge in [-0.05, 0) is 60.8 Å². The Kier molecular flexibility index (Phi) is 5.42. The number of allylic oxidation sites excluding steroid dienone is 2. The van der Waals surface area contributed by atoms with Gasteiger partial charge in [-0.1, -0.05) is 103 Å². The van der Waals surface area contributed by atoms with Crippen molar-refractivity contribution >= 4 is 18.8 Å². The van der Waals surface area contributed by atoms with Crippen molar-refractivity contribution in [2.45, 2.75) is 26.8 Å². The molecule has 0 saturated carbocycles. The van der Waals surface area contributed by atoms with Gasteiger partial charge in [-0.15, -0.1) is 0 Å². The Morgan fingerprint density at radius 3 is 2.00 bits per heavy atom. The maximum absolute atomic E-state index is 3.87. The third-order valence-electron chi connectivity index (χ3n) is 7.08. The maximum atomic E-state index is 3.87. The van der Waals surface area contributed by atoms with E-state index >= 15 is 0 Å². The summed E-state index contributed by atoms with van der Waals surface area (Å²) in [6, 6.07) is 33.3. The van der Waals surface area contributed by atoms with Crippen molar-refractivity contribution in [1.29, 1.82) is 0 Å². The third kappa shape index (κ3) is 3.51. The fourth-order valence-electron chi connectivity index (χ4n) is 5.28. The van der Waals surface area contributed by atoms with Gasteiger partial charge in [-0.2, -0.15) is 0 Å². The van der Waals surface area contributed by atoms with Gasteiger partial charge in [0.25, 0.3) is 0 Å². The van der Waals surface area contributed by atoms with Crippen LogP contribution in [0.3, 0.4) is 0 Å². The topological polar surface area (TPSA) is 12.0 Å². The van der Waals surface area contributed by atoms with E-state index in [-0.39, 0.29) is 13.3 Å². The van der Waals surface area contributed by atoms with Gasteiger partial charge in [0.1, 0.15) is 0 Å². The predicted octanol–water partition coefficient (Wildman–Crippen LogP) is 7.70. The summed E-state index contributed by atoms with van der Waals surface area (Å²) in [7, 11) is -0.326. The van der Waals surface area contributed by atoms with Crippen LogP contribution in [-0.4, -0.2) is 12.7 Å². The number of hydrogen-bond acceptors (Lipinski definition) is 1. The molecule has 2 heterocycles. The zero-order chi connectivity index (χ0) is 21.4. The number of hydrogen-bond donors (Lipinski definition) is 1. The molecule has 1 N–H and O–H groups in total. The second-order valence-corrected chi connectivity index (χ2v) is 11.1. The van der Waals surface area contributed by atoms with E-state index in [0.717, 1.165) is 6.54 Å². The van der Waals surface area contributed by atoms with Gasteiger partial charge in [0.15, 0.2) is 0 Å². The smallest absolute Gasteiger partial charge is 0.0294 e. The maximum Gasteiger partial charge on any atom is 0.0294 e. The number of fused-ring (bicyclic) bond motifs is 2. The van der Waals surface area contributed by atoms with Crippen molar-refractivity contribution in [3.8, 4) is 0 Å². The molecule has 2 aliphatic heterocycles. The summed E-state index contributed by atoms with van der Waals surface area (Å²) in [5, 5.41) is 7.11. The molecule has 0 aliphatic carbocycles. The lowest BCUT2D eigenvalue weighted by atomic mass is 9.74. The van der Waals surface area contributed by atoms with Gasteiger partial charge in [0, 0.05) is 18.0 Å². The molecular formula is C29H30NP. The molecule has 2 unspecified atom stereocenters. The summed E-state index contributed by atoms with van der Waals surface area (Å²) in [5.41, 5.74) is 7.43. The number of benzene rings is 3. The van der Waals surface area contributed by atoms with Crippen LogP contribution in [0.5, 0.6) is 0 Å². The molecule has 3 aromatic rings. The monoisotopic (exact) mass is 423 g/mol. The molecule has 1 nitrogen and oxygen atoms in total. The fourth-order valence-corrected chi connectivity index (χ4v) is 8.97. The van der Waals surface area contributed by atoms with Crippen LogP contribution < -0.4 is 5.32 Å². The van der Waals surface area contributed by atoms with Crippen molar-refractivity contribution in [3.63, 3.8) is 0 Å². The zero-order valence-electron chi connectivity index (χ0n) is 18.6. The van der Waals surface area contributed by atoms with Crippen molar-refractivity contribution in [2.75, 3.05) is 12.7 Å². The van der Waals surface area contributed by atoms with Crippen LogP contribution in [0, 0.1) is 5.41 Å². The van der Waals surface area contributed by atoms with E-state index in [2.05, 4.69) is 117 Å². The Hall–Kier alpha value is -2.47. The molecule has 0 radical (unpaired) electrons. The molecule has 5 rings (SSSR count). The SMILES string of the molecule is CC1=C(c2ccccc2)P2CC1(C)C(c1ccccc1)=C2CN[C@H](C)c1ccccc1. The molecule has 3 atom stereocenters. The average molecular weight is 424 g/mol. The second-order valence-electron chi connectivity index (χ2n) is 8.96. The highest BCUT2D eigenvalue weighted by Gasteiger charge is 2.51. The van der Waals surface area contributed by atoms with E-state index in [1.807, 2.05) is 0 Å². The van der Waals surface area contributed by atoms with Crippen LogP contribution in [0.4, 0.5) is 0 Å². The lowest BCUT2D eigenvalue weighted by Gasteiger charge is -2.32. The lowest BCUT2D eigenvalue weighted by Crippen LogP contribution is -2.23. The molecule has 0 saturated heterocycles. The largest absolute Gasteiger partial charge is 0.306 e. The van der Waals surface area contributed by atoms with Crippen LogP contribution in [-0.2, 0) is 0 Å². The molecule has 3 aromatic carbocycles. The molecule has 2 bridgehead atoms. The van der Waals surface area contributed by atoms with Gasteiger partial charge < -0.3 is 5.32 Å². The first-order valence-electron chi connectivity index (χ1n) is 11.2. The van der Waals surface area contributed by atoms with Gasteiger partial charge in [0.2, 0.25) is 0 Å². The molecular weight excluding hydrogens is 393 g/mol. The first-order valence-corrected chi connectivity index (χ1v) is 12.7. The van der Waals surface area contributed by atoms with Crippen LogP contribution in [0.1, 0.15) is 43.5 Å². The van der Waals surface area contributed by atoms with Gasteiger partial charge in [-0.3, -0.25) is 0 Å². The van der Waals surface area contributed by atoms with E-state index in [0.29, 0.717) is 6.04 Å². The predicted molar refractivity (Wildman–Crippen MR) is 135 cm³/mol. The summed E-state index contributed by atoms with van der Waals surface area (Å²) < 4.78 is 0. The molecule has 0 fully saturated rings. The summed E-state index contributed by atoms with van der Waals surface area (Å²) >= 11 is 0. The minimum atomic E-state index is -0.326. The van der Waals surface area contributed by atoms with Crippen LogP contribution in [0.15, 0.2) is 102 Å². The van der Waals surface area contributed by atoms with Crippen molar-refractivity contribution in [3.05, 3.63) is 119 Å². The minimum absolute atomic E-state index is 0.130. The highest BCUT2D eigenvalue weighted by Crippen LogP contribution is 2.77. The Morgan fingerprint density at radius 2 is 1.39 bits per heavy atom. The quantitative estimate of drug-likeness (QED) is 0.401. The van der Waals surface area contributed by atoms with Crippen LogP contribution in [0.2, 0.25) is 0 Å². The standard InChI is InChI=1S/C29H30NP/c1-21-28(25-17-11-6-12-18-25)31-20-29(21,3)27(24-15-9-5-10-16-24)26(31)19-30-22(2)23-13-7-4-8-14-23/h4-18,22,30H,19-20H2,1-3H3/t22-,29?,31?/m1/s1. The Morgan fingerprint density at radius 1 is 0.839 bits per heavy atom. The number of nitrogens with one attached hydrogen (secondary N) is 1. The average Bonchev–Trinajstić information content (AvgIpc) is 3.26. The second kappa shape index (κ2) is 8.23. The van der Waals surface area contributed by atoms with E-state index < -0.39 is 0 Å². The summed E-state index contributed by atoms with van der Waals surface area (Å²) in [5.74, 6) is 0. The number of rotatable bonds is 6. The van der Waals surface area contributed by atoms with E-state index in [1.54, 1.807) is 21.8 Å². The minimum Gasteiger partial charge on any atom is -0.306 e. The van der Waals surface area contributed by atoms with Crippen molar-refractivity contribution in [1.82, 2.24) is 5.32 Å². The first-order chi connectivity index (χ1) is 15.1. The lowest BCUT2D eigenvalue weighted by molar-refractivity contribution is 0.607. The van der Waals surface area contributed by atoms with Crippen molar-refractivity contribution in [2.24, 2.45) is 5.41 Å². The molecule has 2 aliphatic rings. The Labute approximate surface area is 187 Å². The van der Waals surface area contributed by atoms with Gasteiger partial charge in [-0.25, -0.2) is 0 Å². The third-order valence-corrected chi connectivity index (χ3v) is 10.2. The van der Waals surface area contributed by atoms with Gasteiger partial charge >= 0.3 is 0 Å². The summed E-state index contributed by atoms with van der Waals surface area (Å²) in [6.07, 6.45) is 1.25. The van der Waals surface area contributed by atoms with Crippen LogP contribution >= 0.6 is 7.92 Å². The summed E-state index contributed by atoms with van der Waals surface area (Å²) in [6.45, 7) is 8.08. The Balaban J connectivity index is 1.54. The fraction of sp³-hybridized carbons (Fsp3) is 0.241. The van der Waals surface area contributed by atoms with Crippen molar-refractivity contribution < 1.29 is 0 Å². The first kappa shape index (κ1) is 20.4. The van der Waals surface area contributed by atoms with E-state index in [4.69, 9.17) is 0 Å². The molecule has 0 spiro atoms. The van der Waals surface area contributed by atoms with Crippen LogP contribution in [0.25, 0.3) is 10.9 Å². The van der Waals surface area contributed by atoms with E-state index in [1.165, 1.54) is 22.9 Å². The zero-order valence-corrected chi connectivity index (χ0v) is 19.5. The van der Waals surface area contributed by atoms with E-state index in [9.17, 15) is 0 Å². The molecule has 0 amide bonds. The normalized spacial score (nSPS) is 23.5. The van der Waals surface area contributed by atoms with Gasteiger partial charge in [0.05, 0.1) is 0 Å². The molecule has 156 valence electrons. The molecule has 2 heteroatoms. The highest BCUT2D eigenvalue weighted by molar-refractivity contribution is 7.73. The summed E-state index contributed by atoms with van der Waals surface area (Å²) in [4.78, 5) is 0. The Bertz CT molecular complexity index is 1130. The molecule has 31 heavy (non-hydrogen) atoms. The highest BCUT2D eigenvalue weighted by atomic mass is 31.1.